The molecule has 6 rings (SSSR count). The summed E-state index contributed by atoms with van der Waals surface area (Å²) in [5, 5.41) is 12.4. The number of nitrogens with zero attached hydrogens (tertiary/aromatic N) is 6. The lowest BCUT2D eigenvalue weighted by atomic mass is 10.2. The van der Waals surface area contributed by atoms with Crippen LogP contribution in [0.1, 0.15) is 5.56 Å². The van der Waals surface area contributed by atoms with E-state index in [4.69, 9.17) is 19.7 Å². The van der Waals surface area contributed by atoms with Crippen molar-refractivity contribution >= 4 is 46.3 Å². The maximum atomic E-state index is 11.4. The largest absolute Gasteiger partial charge is 0.497 e. The molecule has 1 heterocycles. The summed E-state index contributed by atoms with van der Waals surface area (Å²) in [7, 11) is 1.64. The minimum atomic E-state index is 0.0636. The van der Waals surface area contributed by atoms with Gasteiger partial charge >= 0.3 is 0 Å². The van der Waals surface area contributed by atoms with Crippen LogP contribution in [0.4, 0.5) is 46.3 Å². The van der Waals surface area contributed by atoms with Gasteiger partial charge in [-0.05, 0) is 79.7 Å². The van der Waals surface area contributed by atoms with Gasteiger partial charge in [-0.15, -0.1) is 0 Å². The van der Waals surface area contributed by atoms with Gasteiger partial charge in [-0.2, -0.15) is 20.0 Å². The Kier molecular flexibility index (Phi) is 7.93. The Hall–Kier alpha value is -5.73. The molecule has 0 saturated heterocycles. The lowest BCUT2D eigenvalue weighted by molar-refractivity contribution is 0.294. The number of benzene rings is 5. The number of hydrogen-bond donors (Lipinski definition) is 1. The van der Waals surface area contributed by atoms with Crippen LogP contribution in [0, 0.1) is 6.92 Å². The molecule has 0 saturated carbocycles. The molecule has 0 atom stereocenters. The molecule has 8 nitrogen and oxygen atoms in total. The van der Waals surface area contributed by atoms with Gasteiger partial charge < -0.3 is 4.74 Å². The molecule has 6 aromatic rings. The average molecular weight is 567 g/mol. The fourth-order valence-electron chi connectivity index (χ4n) is 4.66. The smallest absolute Gasteiger partial charge is 0.261 e. The van der Waals surface area contributed by atoms with Crippen LogP contribution in [0.5, 0.6) is 5.75 Å². The zero-order chi connectivity index (χ0) is 29.6. The highest BCUT2D eigenvalue weighted by atomic mass is 16.5. The van der Waals surface area contributed by atoms with Gasteiger partial charge in [0.25, 0.3) is 5.95 Å². The third-order valence-corrected chi connectivity index (χ3v) is 6.84. The molecule has 212 valence electrons. The third kappa shape index (κ3) is 6.00. The Morgan fingerprint density at radius 3 is 1.28 bits per heavy atom. The van der Waals surface area contributed by atoms with Crippen molar-refractivity contribution in [2.45, 2.75) is 6.92 Å². The number of hydrogen-bond acceptors (Lipinski definition) is 8. The van der Waals surface area contributed by atoms with Gasteiger partial charge in [0, 0.05) is 22.7 Å². The second-order valence-corrected chi connectivity index (χ2v) is 9.76. The van der Waals surface area contributed by atoms with E-state index in [1.807, 2.05) is 144 Å². The van der Waals surface area contributed by atoms with E-state index in [2.05, 4.69) is 0 Å². The maximum absolute atomic E-state index is 11.4. The molecule has 0 fully saturated rings. The quantitative estimate of drug-likeness (QED) is 0.174. The first kappa shape index (κ1) is 27.4. The van der Waals surface area contributed by atoms with Gasteiger partial charge in [-0.3, -0.25) is 15.0 Å². The Morgan fingerprint density at radius 2 is 0.837 bits per heavy atom. The van der Waals surface area contributed by atoms with Crippen LogP contribution in [-0.4, -0.2) is 27.3 Å². The topological polar surface area (TPSA) is 77.8 Å². The van der Waals surface area contributed by atoms with Crippen LogP contribution in [0.3, 0.4) is 0 Å². The molecule has 0 aliphatic rings. The van der Waals surface area contributed by atoms with Crippen molar-refractivity contribution in [1.29, 1.82) is 0 Å². The Bertz CT molecular complexity index is 1770. The molecule has 0 unspecified atom stereocenters. The molecule has 43 heavy (non-hydrogen) atoms. The predicted octanol–water partition coefficient (Wildman–Crippen LogP) is 8.66. The van der Waals surface area contributed by atoms with E-state index in [0.717, 1.165) is 39.1 Å². The van der Waals surface area contributed by atoms with E-state index >= 15 is 0 Å². The Morgan fingerprint density at radius 1 is 0.465 bits per heavy atom. The summed E-state index contributed by atoms with van der Waals surface area (Å²) in [6, 6.07) is 44.7. The van der Waals surface area contributed by atoms with Gasteiger partial charge in [0.2, 0.25) is 11.9 Å². The molecule has 0 bridgehead atoms. The number of aryl methyl sites for hydroxylation is 1. The minimum Gasteiger partial charge on any atom is -0.497 e. The molecule has 0 amide bonds. The van der Waals surface area contributed by atoms with E-state index in [1.54, 1.807) is 19.2 Å². The van der Waals surface area contributed by atoms with Crippen LogP contribution >= 0.6 is 0 Å². The maximum Gasteiger partial charge on any atom is 0.261 e. The molecule has 5 aromatic carbocycles. The van der Waals surface area contributed by atoms with Gasteiger partial charge in [-0.1, -0.05) is 72.3 Å². The van der Waals surface area contributed by atoms with Crippen molar-refractivity contribution in [2.75, 3.05) is 22.0 Å². The number of methoxy groups -OCH3 is 1. The van der Waals surface area contributed by atoms with Gasteiger partial charge in [0.05, 0.1) is 12.8 Å². The highest BCUT2D eigenvalue weighted by Gasteiger charge is 2.24. The molecule has 1 aromatic heterocycles. The number of para-hydroxylation sites is 3. The van der Waals surface area contributed by atoms with Crippen molar-refractivity contribution in [1.82, 2.24) is 15.0 Å². The number of aromatic nitrogens is 3. The van der Waals surface area contributed by atoms with Crippen LogP contribution in [-0.2, 0) is 0 Å². The summed E-state index contributed by atoms with van der Waals surface area (Å²) in [5.41, 5.74) is 5.01. The van der Waals surface area contributed by atoms with Crippen molar-refractivity contribution in [3.63, 3.8) is 0 Å². The summed E-state index contributed by atoms with van der Waals surface area (Å²) in [5.74, 6) is 1.45. The van der Waals surface area contributed by atoms with Gasteiger partial charge in [-0.25, -0.2) is 0 Å². The number of anilines is 8. The zero-order valence-electron chi connectivity index (χ0n) is 23.8. The van der Waals surface area contributed by atoms with Crippen molar-refractivity contribution in [2.24, 2.45) is 0 Å². The molecule has 0 aliphatic carbocycles. The minimum absolute atomic E-state index is 0.0636. The highest BCUT2D eigenvalue weighted by Crippen LogP contribution is 2.38. The molecule has 0 radical (unpaired) electrons. The number of rotatable bonds is 9. The molecule has 0 spiro atoms. The van der Waals surface area contributed by atoms with E-state index < -0.39 is 0 Å². The third-order valence-electron chi connectivity index (χ3n) is 6.84. The molecule has 0 aliphatic heterocycles. The van der Waals surface area contributed by atoms with Crippen LogP contribution < -0.4 is 19.6 Å². The lowest BCUT2D eigenvalue weighted by Gasteiger charge is -2.28. The van der Waals surface area contributed by atoms with Crippen LogP contribution in [0.15, 0.2) is 140 Å². The second-order valence-electron chi connectivity index (χ2n) is 9.76. The molecular formula is C35H30N6O2. The summed E-state index contributed by atoms with van der Waals surface area (Å²) in [6.07, 6.45) is 0. The second kappa shape index (κ2) is 12.4. The summed E-state index contributed by atoms with van der Waals surface area (Å²) in [6.45, 7) is 2.05. The first-order valence-electron chi connectivity index (χ1n) is 13.8. The summed E-state index contributed by atoms with van der Waals surface area (Å²) < 4.78 is 5.41. The van der Waals surface area contributed by atoms with Crippen molar-refractivity contribution < 1.29 is 9.94 Å². The van der Waals surface area contributed by atoms with Crippen molar-refractivity contribution in [3.05, 3.63) is 145 Å². The lowest BCUT2D eigenvalue weighted by Crippen LogP contribution is -2.22. The molecule has 8 heteroatoms. The predicted molar refractivity (Wildman–Crippen MR) is 171 cm³/mol. The first-order chi connectivity index (χ1) is 21.1. The van der Waals surface area contributed by atoms with E-state index in [9.17, 15) is 5.21 Å². The van der Waals surface area contributed by atoms with Crippen molar-refractivity contribution in [3.8, 4) is 5.75 Å². The van der Waals surface area contributed by atoms with Gasteiger partial charge in [0.15, 0.2) is 0 Å². The summed E-state index contributed by atoms with van der Waals surface area (Å²) in [4.78, 5) is 18.5. The summed E-state index contributed by atoms with van der Waals surface area (Å²) >= 11 is 0. The average Bonchev–Trinajstić information content (AvgIpc) is 3.07. The SMILES string of the molecule is COc1ccc(N(c2ccccc2)c2nc(N(O)c3ccccc3)nc(N(c3ccccc3)c3ccc(C)cc3)n2)cc1. The molecular weight excluding hydrogens is 536 g/mol. The van der Waals surface area contributed by atoms with Gasteiger partial charge in [0.1, 0.15) is 5.75 Å². The van der Waals surface area contributed by atoms with Crippen LogP contribution in [0.2, 0.25) is 0 Å². The van der Waals surface area contributed by atoms with Crippen LogP contribution in [0.25, 0.3) is 0 Å². The molecule has 1 N–H and O–H groups in total. The monoisotopic (exact) mass is 566 g/mol. The number of ether oxygens (including phenoxy) is 1. The zero-order valence-corrected chi connectivity index (χ0v) is 23.8. The standard InChI is InChI=1S/C35H30N6O2/c1-26-18-20-29(21-19-26)39(27-12-6-3-7-13-27)33-36-34(38-35(37-33)41(42)31-16-10-5-11-17-31)40(28-14-8-4-9-15-28)30-22-24-32(43-2)25-23-30/h3-25,42H,1-2H3. The van der Waals surface area contributed by atoms with E-state index in [0.29, 0.717) is 17.6 Å². The normalized spacial score (nSPS) is 10.7. The van der Waals surface area contributed by atoms with E-state index in [-0.39, 0.29) is 5.95 Å². The first-order valence-corrected chi connectivity index (χ1v) is 13.8. The fourth-order valence-corrected chi connectivity index (χ4v) is 4.66. The fraction of sp³-hybridized carbons (Fsp3) is 0.0571. The van der Waals surface area contributed by atoms with E-state index in [1.165, 1.54) is 0 Å². The Labute approximate surface area is 250 Å². The highest BCUT2D eigenvalue weighted by molar-refractivity contribution is 5.77. The Balaban J connectivity index is 1.59.